The van der Waals surface area contributed by atoms with Crippen LogP contribution in [0.15, 0.2) is 48.8 Å². The second kappa shape index (κ2) is 5.32. The summed E-state index contributed by atoms with van der Waals surface area (Å²) in [6.45, 7) is -2.98. The molecule has 21 heavy (non-hydrogen) atoms. The van der Waals surface area contributed by atoms with E-state index >= 15 is 0 Å². The minimum absolute atomic E-state index is 0.0857. The molecule has 106 valence electrons. The Morgan fingerprint density at radius 1 is 1.14 bits per heavy atom. The van der Waals surface area contributed by atoms with Crippen molar-refractivity contribution in [2.24, 2.45) is 0 Å². The Balaban J connectivity index is 2.06. The van der Waals surface area contributed by atoms with Crippen LogP contribution in [0.5, 0.6) is 5.75 Å². The van der Waals surface area contributed by atoms with Crippen molar-refractivity contribution in [1.29, 1.82) is 0 Å². The number of carbonyl (C=O) groups excluding carboxylic acids is 1. The fraction of sp³-hybridized carbons (Fsp3) is 0.0667. The molecule has 0 saturated carbocycles. The lowest BCUT2D eigenvalue weighted by molar-refractivity contribution is -0.0501. The van der Waals surface area contributed by atoms with Crippen LogP contribution in [0, 0.1) is 0 Å². The van der Waals surface area contributed by atoms with Gasteiger partial charge < -0.3 is 9.72 Å². The summed E-state index contributed by atoms with van der Waals surface area (Å²) < 4.78 is 29.2. The van der Waals surface area contributed by atoms with Gasteiger partial charge in [0, 0.05) is 23.3 Å². The van der Waals surface area contributed by atoms with Gasteiger partial charge in [0.15, 0.2) is 5.78 Å². The molecular weight excluding hydrogens is 278 g/mol. The maximum absolute atomic E-state index is 12.6. The summed E-state index contributed by atoms with van der Waals surface area (Å²) in [5.41, 5.74) is 1.01. The predicted octanol–water partition coefficient (Wildman–Crippen LogP) is 3.40. The minimum Gasteiger partial charge on any atom is -0.434 e. The van der Waals surface area contributed by atoms with E-state index in [1.165, 1.54) is 24.4 Å². The molecule has 1 aromatic carbocycles. The number of hydrogen-bond acceptors (Lipinski definition) is 3. The topological polar surface area (TPSA) is 55.0 Å². The number of fused-ring (bicyclic) bond motifs is 1. The number of rotatable bonds is 4. The van der Waals surface area contributed by atoms with Gasteiger partial charge in [0.1, 0.15) is 11.4 Å². The maximum atomic E-state index is 12.6. The Bertz CT molecular complexity index is 799. The van der Waals surface area contributed by atoms with Crippen LogP contribution in [-0.4, -0.2) is 22.4 Å². The third-order valence-electron chi connectivity index (χ3n) is 3.04. The number of nitrogens with zero attached hydrogens (tertiary/aromatic N) is 1. The molecule has 0 atom stereocenters. The molecule has 3 aromatic rings. The Kier molecular flexibility index (Phi) is 3.35. The number of para-hydroxylation sites is 1. The van der Waals surface area contributed by atoms with Crippen LogP contribution in [0.25, 0.3) is 11.0 Å². The van der Waals surface area contributed by atoms with Gasteiger partial charge in [-0.2, -0.15) is 8.78 Å². The molecule has 0 unspecified atom stereocenters. The molecular formula is C15H10F2N2O2. The van der Waals surface area contributed by atoms with E-state index in [1.807, 2.05) is 0 Å². The van der Waals surface area contributed by atoms with E-state index in [4.69, 9.17) is 0 Å². The molecule has 2 heterocycles. The molecule has 3 rings (SSSR count). The van der Waals surface area contributed by atoms with Crippen molar-refractivity contribution in [3.8, 4) is 5.75 Å². The summed E-state index contributed by atoms with van der Waals surface area (Å²) >= 11 is 0. The average Bonchev–Trinajstić information content (AvgIpc) is 2.90. The Labute approximate surface area is 118 Å². The van der Waals surface area contributed by atoms with Gasteiger partial charge >= 0.3 is 6.61 Å². The number of ketones is 1. The van der Waals surface area contributed by atoms with Crippen LogP contribution in [-0.2, 0) is 0 Å². The number of aromatic nitrogens is 2. The summed E-state index contributed by atoms with van der Waals surface area (Å²) in [6.07, 6.45) is 3.11. The fourth-order valence-electron chi connectivity index (χ4n) is 2.14. The number of aromatic amines is 1. The van der Waals surface area contributed by atoms with Gasteiger partial charge in [-0.25, -0.2) is 4.98 Å². The first-order valence-corrected chi connectivity index (χ1v) is 6.17. The van der Waals surface area contributed by atoms with Crippen molar-refractivity contribution in [1.82, 2.24) is 9.97 Å². The summed E-state index contributed by atoms with van der Waals surface area (Å²) in [5, 5.41) is 0.634. The molecule has 0 saturated heterocycles. The Hall–Kier alpha value is -2.76. The largest absolute Gasteiger partial charge is 0.434 e. The van der Waals surface area contributed by atoms with E-state index in [-0.39, 0.29) is 11.3 Å². The molecule has 0 aliphatic rings. The van der Waals surface area contributed by atoms with E-state index in [2.05, 4.69) is 14.7 Å². The Morgan fingerprint density at radius 2 is 1.95 bits per heavy atom. The third-order valence-corrected chi connectivity index (χ3v) is 3.04. The number of benzene rings is 1. The number of ether oxygens (including phenoxy) is 1. The van der Waals surface area contributed by atoms with Crippen LogP contribution in [0.4, 0.5) is 8.78 Å². The number of alkyl halides is 2. The molecule has 0 aliphatic carbocycles. The zero-order valence-electron chi connectivity index (χ0n) is 10.7. The van der Waals surface area contributed by atoms with Gasteiger partial charge in [-0.15, -0.1) is 0 Å². The SMILES string of the molecule is O=C(c1ccccc1OC(F)F)c1c[nH]c2ncccc12. The molecule has 2 aromatic heterocycles. The van der Waals surface area contributed by atoms with E-state index in [1.54, 1.807) is 24.4 Å². The third kappa shape index (κ3) is 2.47. The van der Waals surface area contributed by atoms with Crippen LogP contribution in [0.1, 0.15) is 15.9 Å². The van der Waals surface area contributed by atoms with E-state index in [9.17, 15) is 13.6 Å². The highest BCUT2D eigenvalue weighted by Crippen LogP contribution is 2.26. The highest BCUT2D eigenvalue weighted by molar-refractivity contribution is 6.17. The van der Waals surface area contributed by atoms with Gasteiger partial charge in [0.25, 0.3) is 0 Å². The van der Waals surface area contributed by atoms with Crippen LogP contribution >= 0.6 is 0 Å². The van der Waals surface area contributed by atoms with Gasteiger partial charge in [-0.3, -0.25) is 4.79 Å². The zero-order valence-corrected chi connectivity index (χ0v) is 10.7. The molecule has 1 N–H and O–H groups in total. The molecule has 0 radical (unpaired) electrons. The molecule has 0 bridgehead atoms. The lowest BCUT2D eigenvalue weighted by Gasteiger charge is -2.09. The number of H-pyrrole nitrogens is 1. The molecule has 0 fully saturated rings. The summed E-state index contributed by atoms with van der Waals surface area (Å²) in [6, 6.07) is 9.36. The molecule has 0 amide bonds. The molecule has 0 aliphatic heterocycles. The first kappa shape index (κ1) is 13.2. The van der Waals surface area contributed by atoms with Crippen molar-refractivity contribution in [3.63, 3.8) is 0 Å². The van der Waals surface area contributed by atoms with Crippen molar-refractivity contribution < 1.29 is 18.3 Å². The lowest BCUT2D eigenvalue weighted by Crippen LogP contribution is -2.08. The highest BCUT2D eigenvalue weighted by Gasteiger charge is 2.19. The van der Waals surface area contributed by atoms with Gasteiger partial charge in [-0.05, 0) is 24.3 Å². The summed E-state index contributed by atoms with van der Waals surface area (Å²) in [5.74, 6) is -0.541. The minimum atomic E-state index is -2.98. The van der Waals surface area contributed by atoms with E-state index in [0.29, 0.717) is 16.6 Å². The Morgan fingerprint density at radius 3 is 2.76 bits per heavy atom. The number of nitrogens with one attached hydrogen (secondary N) is 1. The van der Waals surface area contributed by atoms with Gasteiger partial charge in [0.05, 0.1) is 5.56 Å². The molecule has 4 nitrogen and oxygen atoms in total. The van der Waals surface area contributed by atoms with Crippen molar-refractivity contribution >= 4 is 16.8 Å². The lowest BCUT2D eigenvalue weighted by atomic mass is 10.0. The second-order valence-electron chi connectivity index (χ2n) is 4.31. The van der Waals surface area contributed by atoms with Gasteiger partial charge in [-0.1, -0.05) is 12.1 Å². The first-order valence-electron chi connectivity index (χ1n) is 6.17. The van der Waals surface area contributed by atoms with Crippen molar-refractivity contribution in [3.05, 3.63) is 59.9 Å². The number of pyridine rings is 1. The highest BCUT2D eigenvalue weighted by atomic mass is 19.3. The van der Waals surface area contributed by atoms with E-state index in [0.717, 1.165) is 0 Å². The summed E-state index contributed by atoms with van der Waals surface area (Å²) in [7, 11) is 0. The summed E-state index contributed by atoms with van der Waals surface area (Å²) in [4.78, 5) is 19.5. The normalized spacial score (nSPS) is 11.0. The van der Waals surface area contributed by atoms with Crippen LogP contribution < -0.4 is 4.74 Å². The number of hydrogen-bond donors (Lipinski definition) is 1. The predicted molar refractivity (Wildman–Crippen MR) is 72.6 cm³/mol. The quantitative estimate of drug-likeness (QED) is 0.749. The number of carbonyl (C=O) groups is 1. The second-order valence-corrected chi connectivity index (χ2v) is 4.31. The zero-order chi connectivity index (χ0) is 14.8. The smallest absolute Gasteiger partial charge is 0.387 e. The van der Waals surface area contributed by atoms with Crippen LogP contribution in [0.3, 0.4) is 0 Å². The van der Waals surface area contributed by atoms with Gasteiger partial charge in [0.2, 0.25) is 0 Å². The molecule has 0 spiro atoms. The van der Waals surface area contributed by atoms with E-state index < -0.39 is 12.4 Å². The van der Waals surface area contributed by atoms with Crippen molar-refractivity contribution in [2.75, 3.05) is 0 Å². The average molecular weight is 288 g/mol. The fourth-order valence-corrected chi connectivity index (χ4v) is 2.14. The maximum Gasteiger partial charge on any atom is 0.387 e. The standard InChI is InChI=1S/C15H10F2N2O2/c16-15(17)21-12-6-2-1-4-10(12)13(20)11-8-19-14-9(11)5-3-7-18-14/h1-8,15H,(H,18,19). The van der Waals surface area contributed by atoms with Crippen molar-refractivity contribution in [2.45, 2.75) is 6.61 Å². The van der Waals surface area contributed by atoms with Crippen LogP contribution in [0.2, 0.25) is 0 Å². The number of halogens is 2. The monoisotopic (exact) mass is 288 g/mol. The first-order chi connectivity index (χ1) is 10.2. The molecule has 6 heteroatoms.